The quantitative estimate of drug-likeness (QED) is 0.498. The fourth-order valence-corrected chi connectivity index (χ4v) is 0.556. The fourth-order valence-electron chi connectivity index (χ4n) is 0.438. The molecule has 2 radical (unpaired) electrons. The molecule has 0 atom stereocenters. The zero-order valence-electron chi connectivity index (χ0n) is 4.32. The first-order valence-electron chi connectivity index (χ1n) is 2.28. The van der Waals surface area contributed by atoms with Gasteiger partial charge in [-0.1, -0.05) is 17.7 Å². The topological polar surface area (TPSA) is 0 Å². The first-order valence-corrected chi connectivity index (χ1v) is 2.66. The summed E-state index contributed by atoms with van der Waals surface area (Å²) in [5, 5.41) is 0.706. The fraction of sp³-hybridized carbons (Fsp3) is 0. The van der Waals surface area contributed by atoms with Gasteiger partial charge in [-0.05, 0) is 30.7 Å². The van der Waals surface area contributed by atoms with Crippen molar-refractivity contribution in [3.8, 4) is 0 Å². The summed E-state index contributed by atoms with van der Waals surface area (Å²) in [5.41, 5.74) is 0.870. The predicted octanol–water partition coefficient (Wildman–Crippen LogP) is 2.32. The van der Waals surface area contributed by atoms with Gasteiger partial charge in [0.2, 0.25) is 0 Å². The van der Waals surface area contributed by atoms with Crippen LogP contribution in [-0.2, 0) is 0 Å². The maximum atomic E-state index is 5.55. The molecule has 0 heterocycles. The summed E-state index contributed by atoms with van der Waals surface area (Å²) >= 11 is 5.55. The molecule has 0 fully saturated rings. The average molecular weight is 125 g/mol. The van der Waals surface area contributed by atoms with Crippen molar-refractivity contribution in [1.82, 2.24) is 0 Å². The van der Waals surface area contributed by atoms with Crippen LogP contribution in [0.5, 0.6) is 0 Å². The molecule has 1 heteroatoms. The number of hydrogen-bond donors (Lipinski definition) is 0. The van der Waals surface area contributed by atoms with Crippen LogP contribution in [0.25, 0.3) is 0 Å². The molecule has 0 aliphatic rings. The lowest BCUT2D eigenvalue weighted by Crippen LogP contribution is -1.67. The molecule has 8 heavy (non-hydrogen) atoms. The third-order valence-electron chi connectivity index (χ3n) is 0.839. The van der Waals surface area contributed by atoms with Crippen LogP contribution in [0.4, 0.5) is 0 Å². The predicted molar refractivity (Wildman–Crippen MR) is 34.7 cm³/mol. The molecule has 0 aromatic heterocycles. The third kappa shape index (κ3) is 1.24. The molecule has 1 aromatic carbocycles. The Hall–Kier alpha value is -0.490. The standard InChI is InChI=1S/C7H5Cl/c1-6-2-4-7(8)5-3-6/h2,4-5H,1H2. The molecule has 0 aliphatic carbocycles. The summed E-state index contributed by atoms with van der Waals surface area (Å²) in [6, 6.07) is 8.17. The Labute approximate surface area is 54.1 Å². The molecule has 1 rings (SSSR count). The zero-order valence-corrected chi connectivity index (χ0v) is 5.07. The van der Waals surface area contributed by atoms with E-state index in [1.165, 1.54) is 0 Å². The van der Waals surface area contributed by atoms with Crippen molar-refractivity contribution in [1.29, 1.82) is 0 Å². The summed E-state index contributed by atoms with van der Waals surface area (Å²) in [5.74, 6) is 0. The van der Waals surface area contributed by atoms with Crippen molar-refractivity contribution < 1.29 is 0 Å². The maximum Gasteiger partial charge on any atom is 0.0412 e. The highest BCUT2D eigenvalue weighted by molar-refractivity contribution is 6.30. The normalized spacial score (nSPS) is 9.25. The first-order chi connectivity index (χ1) is 3.79. The molecule has 0 aliphatic heterocycles. The van der Waals surface area contributed by atoms with E-state index in [1.807, 2.05) is 6.07 Å². The second-order valence-electron chi connectivity index (χ2n) is 1.53. The Morgan fingerprint density at radius 3 is 2.62 bits per heavy atom. The van der Waals surface area contributed by atoms with Crippen LogP contribution >= 0.6 is 11.6 Å². The summed E-state index contributed by atoms with van der Waals surface area (Å²) in [7, 11) is 0. The van der Waals surface area contributed by atoms with Gasteiger partial charge in [-0.25, -0.2) is 0 Å². The van der Waals surface area contributed by atoms with E-state index in [4.69, 9.17) is 11.6 Å². The highest BCUT2D eigenvalue weighted by Crippen LogP contribution is 2.06. The van der Waals surface area contributed by atoms with Gasteiger partial charge in [0.15, 0.2) is 0 Å². The van der Waals surface area contributed by atoms with Crippen LogP contribution in [0.2, 0.25) is 5.02 Å². The Kier molecular flexibility index (Phi) is 1.54. The first kappa shape index (κ1) is 5.64. The molecule has 0 N–H and O–H groups in total. The molecular formula is C7H5Cl. The van der Waals surface area contributed by atoms with E-state index in [9.17, 15) is 0 Å². The van der Waals surface area contributed by atoms with Crippen molar-refractivity contribution in [3.63, 3.8) is 0 Å². The number of rotatable bonds is 0. The van der Waals surface area contributed by atoms with E-state index in [0.29, 0.717) is 5.02 Å². The zero-order chi connectivity index (χ0) is 5.98. The molecule has 0 amide bonds. The molecule has 0 nitrogen and oxygen atoms in total. The number of halogens is 1. The van der Waals surface area contributed by atoms with Gasteiger partial charge in [-0.3, -0.25) is 0 Å². The van der Waals surface area contributed by atoms with Gasteiger partial charge >= 0.3 is 0 Å². The monoisotopic (exact) mass is 124 g/mol. The Balaban J connectivity index is 3.03. The van der Waals surface area contributed by atoms with E-state index in [0.717, 1.165) is 5.56 Å². The molecule has 0 saturated carbocycles. The van der Waals surface area contributed by atoms with Crippen molar-refractivity contribution >= 4 is 11.6 Å². The van der Waals surface area contributed by atoms with Crippen LogP contribution in [0, 0.1) is 13.0 Å². The molecule has 0 saturated heterocycles. The van der Waals surface area contributed by atoms with Gasteiger partial charge in [0.25, 0.3) is 0 Å². The third-order valence-corrected chi connectivity index (χ3v) is 1.07. The van der Waals surface area contributed by atoms with E-state index < -0.39 is 0 Å². The summed E-state index contributed by atoms with van der Waals surface area (Å²) in [4.78, 5) is 0. The second-order valence-corrected chi connectivity index (χ2v) is 1.97. The Morgan fingerprint density at radius 2 is 2.25 bits per heavy atom. The summed E-state index contributed by atoms with van der Waals surface area (Å²) in [6.45, 7) is 3.65. The van der Waals surface area contributed by atoms with Crippen molar-refractivity contribution in [2.24, 2.45) is 0 Å². The van der Waals surface area contributed by atoms with E-state index in [-0.39, 0.29) is 0 Å². The Bertz CT molecular complexity index is 143. The highest BCUT2D eigenvalue weighted by atomic mass is 35.5. The van der Waals surface area contributed by atoms with Crippen molar-refractivity contribution in [3.05, 3.63) is 41.8 Å². The summed E-state index contributed by atoms with van der Waals surface area (Å²) < 4.78 is 0. The lowest BCUT2D eigenvalue weighted by Gasteiger charge is -1.87. The molecule has 0 spiro atoms. The van der Waals surface area contributed by atoms with Gasteiger partial charge < -0.3 is 0 Å². The molecule has 40 valence electrons. The lowest BCUT2D eigenvalue weighted by molar-refractivity contribution is 1.60. The van der Waals surface area contributed by atoms with Gasteiger partial charge in [0, 0.05) is 5.02 Å². The minimum absolute atomic E-state index is 0.706. The van der Waals surface area contributed by atoms with Crippen LogP contribution in [0.1, 0.15) is 5.56 Å². The van der Waals surface area contributed by atoms with E-state index >= 15 is 0 Å². The van der Waals surface area contributed by atoms with Gasteiger partial charge in [0.1, 0.15) is 0 Å². The molecular weight excluding hydrogens is 120 g/mol. The number of benzene rings is 1. The molecule has 0 bridgehead atoms. The lowest BCUT2D eigenvalue weighted by atomic mass is 10.2. The van der Waals surface area contributed by atoms with E-state index in [2.05, 4.69) is 13.0 Å². The Morgan fingerprint density at radius 1 is 1.50 bits per heavy atom. The minimum atomic E-state index is 0.706. The van der Waals surface area contributed by atoms with Crippen molar-refractivity contribution in [2.75, 3.05) is 0 Å². The van der Waals surface area contributed by atoms with Gasteiger partial charge in [0.05, 0.1) is 0 Å². The minimum Gasteiger partial charge on any atom is -0.0843 e. The maximum absolute atomic E-state index is 5.55. The smallest absolute Gasteiger partial charge is 0.0412 e. The van der Waals surface area contributed by atoms with Crippen LogP contribution in [0.3, 0.4) is 0 Å². The SMILES string of the molecule is [CH2]c1[c]cc(Cl)cc1. The van der Waals surface area contributed by atoms with Gasteiger partial charge in [-0.15, -0.1) is 0 Å². The largest absolute Gasteiger partial charge is 0.0843 e. The van der Waals surface area contributed by atoms with Crippen molar-refractivity contribution in [2.45, 2.75) is 0 Å². The molecule has 0 unspecified atom stereocenters. The van der Waals surface area contributed by atoms with Crippen LogP contribution in [-0.4, -0.2) is 0 Å². The second kappa shape index (κ2) is 2.19. The molecule has 1 aromatic rings. The average Bonchev–Trinajstić information content (AvgIpc) is 1.77. The number of hydrogen-bond acceptors (Lipinski definition) is 0. The van der Waals surface area contributed by atoms with E-state index in [1.54, 1.807) is 12.1 Å². The van der Waals surface area contributed by atoms with Crippen LogP contribution < -0.4 is 0 Å². The summed E-state index contributed by atoms with van der Waals surface area (Å²) in [6.07, 6.45) is 0. The van der Waals surface area contributed by atoms with Gasteiger partial charge in [-0.2, -0.15) is 0 Å². The highest BCUT2D eigenvalue weighted by Gasteiger charge is 1.82. The van der Waals surface area contributed by atoms with Crippen LogP contribution in [0.15, 0.2) is 18.2 Å².